The third kappa shape index (κ3) is 2.80. The number of hydrogen-bond acceptors (Lipinski definition) is 2. The molecule has 0 atom stereocenters. The van der Waals surface area contributed by atoms with Crippen LogP contribution in [-0.2, 0) is 0 Å². The Morgan fingerprint density at radius 1 is 1.45 bits per heavy atom. The van der Waals surface area contributed by atoms with Crippen LogP contribution in [0, 0.1) is 0 Å². The Bertz CT molecular complexity index is 279. The number of pyridine rings is 1. The van der Waals surface area contributed by atoms with Crippen molar-refractivity contribution >= 4 is 11.8 Å². The van der Waals surface area contributed by atoms with Crippen LogP contribution in [0.5, 0.6) is 0 Å². The molecule has 0 amide bonds. The smallest absolute Gasteiger partial charge is 0.248 e. The maximum absolute atomic E-state index is 10.8. The fraction of sp³-hybridized carbons (Fsp3) is 0.375. The Labute approximate surface area is 70.0 Å². The number of nitrogens with one attached hydrogen (secondary N) is 1. The van der Waals surface area contributed by atoms with Crippen molar-refractivity contribution in [3.8, 4) is 0 Å². The molecule has 1 heterocycles. The summed E-state index contributed by atoms with van der Waals surface area (Å²) in [6, 6.07) is 5.19. The number of thioether (sulfide) groups is 1. The zero-order valence-electron chi connectivity index (χ0n) is 6.63. The summed E-state index contributed by atoms with van der Waals surface area (Å²) in [6.45, 7) is 4.19. The zero-order chi connectivity index (χ0) is 8.27. The van der Waals surface area contributed by atoms with E-state index in [0.29, 0.717) is 5.25 Å². The molecule has 60 valence electrons. The van der Waals surface area contributed by atoms with Crippen molar-refractivity contribution in [3.63, 3.8) is 0 Å². The van der Waals surface area contributed by atoms with Crippen LogP contribution in [0.4, 0.5) is 0 Å². The zero-order valence-corrected chi connectivity index (χ0v) is 7.44. The second-order valence-electron chi connectivity index (χ2n) is 2.55. The third-order valence-corrected chi connectivity index (χ3v) is 2.07. The highest BCUT2D eigenvalue weighted by molar-refractivity contribution is 7.99. The van der Waals surface area contributed by atoms with Gasteiger partial charge in [-0.25, -0.2) is 0 Å². The summed E-state index contributed by atoms with van der Waals surface area (Å²) in [5.41, 5.74) is -0.0318. The lowest BCUT2D eigenvalue weighted by Gasteiger charge is -2.02. The van der Waals surface area contributed by atoms with Crippen LogP contribution in [0.15, 0.2) is 28.0 Å². The summed E-state index contributed by atoms with van der Waals surface area (Å²) in [6.07, 6.45) is 0. The molecule has 3 heteroatoms. The fourth-order valence-electron chi connectivity index (χ4n) is 0.750. The summed E-state index contributed by atoms with van der Waals surface area (Å²) < 4.78 is 0. The number of aromatic nitrogens is 1. The van der Waals surface area contributed by atoms with Crippen LogP contribution < -0.4 is 5.56 Å². The Hall–Kier alpha value is -0.700. The quantitative estimate of drug-likeness (QED) is 0.686. The van der Waals surface area contributed by atoms with Crippen LogP contribution in [-0.4, -0.2) is 10.2 Å². The second-order valence-corrected chi connectivity index (χ2v) is 4.16. The van der Waals surface area contributed by atoms with E-state index in [0.717, 1.165) is 5.03 Å². The van der Waals surface area contributed by atoms with Crippen molar-refractivity contribution in [3.05, 3.63) is 28.6 Å². The first kappa shape index (κ1) is 8.40. The van der Waals surface area contributed by atoms with E-state index in [2.05, 4.69) is 18.8 Å². The molecule has 0 saturated heterocycles. The highest BCUT2D eigenvalue weighted by Crippen LogP contribution is 2.18. The molecule has 0 bridgehead atoms. The van der Waals surface area contributed by atoms with Gasteiger partial charge in [-0.3, -0.25) is 4.79 Å². The van der Waals surface area contributed by atoms with Gasteiger partial charge in [-0.2, -0.15) is 0 Å². The summed E-state index contributed by atoms with van der Waals surface area (Å²) in [5.74, 6) is 0. The van der Waals surface area contributed by atoms with E-state index in [1.807, 2.05) is 6.07 Å². The minimum Gasteiger partial charge on any atom is -0.317 e. The number of hydrogen-bond donors (Lipinski definition) is 1. The molecule has 1 N–H and O–H groups in total. The standard InChI is InChI=1S/C8H11NOS/c1-6(2)11-8-5-3-4-7(10)9-8/h3-6H,1-2H3,(H,9,10). The molecule has 0 aliphatic rings. The average molecular weight is 169 g/mol. The lowest BCUT2D eigenvalue weighted by atomic mass is 10.5. The van der Waals surface area contributed by atoms with E-state index >= 15 is 0 Å². The third-order valence-electron chi connectivity index (χ3n) is 1.10. The molecule has 0 radical (unpaired) electrons. The lowest BCUT2D eigenvalue weighted by molar-refractivity contribution is 1.05. The molecule has 0 aliphatic carbocycles. The van der Waals surface area contributed by atoms with Crippen LogP contribution >= 0.6 is 11.8 Å². The van der Waals surface area contributed by atoms with Crippen LogP contribution in [0.25, 0.3) is 0 Å². The molecule has 2 nitrogen and oxygen atoms in total. The molecule has 0 aromatic carbocycles. The van der Waals surface area contributed by atoms with E-state index in [1.54, 1.807) is 17.8 Å². The van der Waals surface area contributed by atoms with Gasteiger partial charge in [0.1, 0.15) is 0 Å². The van der Waals surface area contributed by atoms with Gasteiger partial charge in [0.15, 0.2) is 0 Å². The maximum Gasteiger partial charge on any atom is 0.248 e. The Morgan fingerprint density at radius 3 is 2.73 bits per heavy atom. The summed E-state index contributed by atoms with van der Waals surface area (Å²) in [4.78, 5) is 13.5. The van der Waals surface area contributed by atoms with Crippen LogP contribution in [0.1, 0.15) is 13.8 Å². The van der Waals surface area contributed by atoms with E-state index in [-0.39, 0.29) is 5.56 Å². The number of aromatic amines is 1. The Kier molecular flexibility index (Phi) is 2.76. The van der Waals surface area contributed by atoms with E-state index in [1.165, 1.54) is 6.07 Å². The molecular formula is C8H11NOS. The molecule has 11 heavy (non-hydrogen) atoms. The molecule has 1 aromatic rings. The van der Waals surface area contributed by atoms with E-state index < -0.39 is 0 Å². The SMILES string of the molecule is CC(C)Sc1cccc(=O)[nH]1. The average Bonchev–Trinajstić information content (AvgIpc) is 1.85. The predicted octanol–water partition coefficient (Wildman–Crippen LogP) is 1.88. The minimum absolute atomic E-state index is 0.0318. The summed E-state index contributed by atoms with van der Waals surface area (Å²) >= 11 is 1.66. The molecule has 1 rings (SSSR count). The van der Waals surface area contributed by atoms with Gasteiger partial charge < -0.3 is 4.98 Å². The van der Waals surface area contributed by atoms with Gasteiger partial charge in [-0.1, -0.05) is 19.9 Å². The van der Waals surface area contributed by atoms with Crippen molar-refractivity contribution in [1.82, 2.24) is 4.98 Å². The van der Waals surface area contributed by atoms with Gasteiger partial charge in [-0.05, 0) is 6.07 Å². The van der Waals surface area contributed by atoms with Crippen molar-refractivity contribution in [2.75, 3.05) is 0 Å². The normalized spacial score (nSPS) is 10.5. The van der Waals surface area contributed by atoms with Gasteiger partial charge >= 0.3 is 0 Å². The first-order valence-corrected chi connectivity index (χ1v) is 4.42. The molecule has 1 aromatic heterocycles. The van der Waals surface area contributed by atoms with Gasteiger partial charge in [0, 0.05) is 11.3 Å². The minimum atomic E-state index is -0.0318. The van der Waals surface area contributed by atoms with Crippen LogP contribution in [0.2, 0.25) is 0 Å². The van der Waals surface area contributed by atoms with Crippen molar-refractivity contribution in [2.45, 2.75) is 24.1 Å². The van der Waals surface area contributed by atoms with Gasteiger partial charge in [0.2, 0.25) is 5.56 Å². The monoisotopic (exact) mass is 169 g/mol. The molecular weight excluding hydrogens is 158 g/mol. The van der Waals surface area contributed by atoms with Gasteiger partial charge in [0.25, 0.3) is 0 Å². The molecule has 0 spiro atoms. The second kappa shape index (κ2) is 3.62. The predicted molar refractivity (Wildman–Crippen MR) is 48.1 cm³/mol. The van der Waals surface area contributed by atoms with Gasteiger partial charge in [0.05, 0.1) is 5.03 Å². The van der Waals surface area contributed by atoms with Crippen molar-refractivity contribution in [2.24, 2.45) is 0 Å². The highest BCUT2D eigenvalue weighted by atomic mass is 32.2. The topological polar surface area (TPSA) is 32.9 Å². The fourth-order valence-corrected chi connectivity index (χ4v) is 1.57. The number of H-pyrrole nitrogens is 1. The molecule has 0 saturated carbocycles. The Balaban J connectivity index is 2.80. The molecule has 0 unspecified atom stereocenters. The van der Waals surface area contributed by atoms with E-state index in [4.69, 9.17) is 0 Å². The summed E-state index contributed by atoms with van der Waals surface area (Å²) in [7, 11) is 0. The summed E-state index contributed by atoms with van der Waals surface area (Å²) in [5, 5.41) is 1.44. The first-order valence-electron chi connectivity index (χ1n) is 3.54. The lowest BCUT2D eigenvalue weighted by Crippen LogP contribution is -2.03. The molecule has 0 fully saturated rings. The Morgan fingerprint density at radius 2 is 2.18 bits per heavy atom. The van der Waals surface area contributed by atoms with Gasteiger partial charge in [-0.15, -0.1) is 11.8 Å². The largest absolute Gasteiger partial charge is 0.317 e. The number of rotatable bonds is 2. The molecule has 0 aliphatic heterocycles. The van der Waals surface area contributed by atoms with E-state index in [9.17, 15) is 4.79 Å². The van der Waals surface area contributed by atoms with Crippen molar-refractivity contribution < 1.29 is 0 Å². The maximum atomic E-state index is 10.8. The van der Waals surface area contributed by atoms with Crippen molar-refractivity contribution in [1.29, 1.82) is 0 Å². The van der Waals surface area contributed by atoms with Crippen LogP contribution in [0.3, 0.4) is 0 Å². The highest BCUT2D eigenvalue weighted by Gasteiger charge is 1.96. The first-order chi connectivity index (χ1) is 5.18.